The predicted molar refractivity (Wildman–Crippen MR) is 100 cm³/mol. The van der Waals surface area contributed by atoms with Gasteiger partial charge >= 0.3 is 5.97 Å². The van der Waals surface area contributed by atoms with Gasteiger partial charge < -0.3 is 15.0 Å². The van der Waals surface area contributed by atoms with Crippen molar-refractivity contribution in [2.75, 3.05) is 5.75 Å². The molecule has 2 amide bonds. The molecule has 2 aliphatic heterocycles. The van der Waals surface area contributed by atoms with Crippen molar-refractivity contribution >= 4 is 34.4 Å². The molecule has 9 heteroatoms. The van der Waals surface area contributed by atoms with Crippen LogP contribution in [0.5, 0.6) is 0 Å². The third-order valence-corrected chi connectivity index (χ3v) is 5.98. The molecule has 0 bridgehead atoms. The Morgan fingerprint density at radius 3 is 2.46 bits per heavy atom. The average Bonchev–Trinajstić information content (AvgIpc) is 2.58. The minimum absolute atomic E-state index is 0.0679. The van der Waals surface area contributed by atoms with Gasteiger partial charge in [0.1, 0.15) is 17.0 Å². The van der Waals surface area contributed by atoms with Gasteiger partial charge in [0.15, 0.2) is 11.8 Å². The highest BCUT2D eigenvalue weighted by atomic mass is 32.2. The molecule has 3 rings (SSSR count). The number of benzene rings is 1. The Bertz CT molecular complexity index is 848. The fraction of sp³-hybridized carbons (Fsp3) is 0.474. The first-order valence-corrected chi connectivity index (χ1v) is 10.2. The first-order valence-electron chi connectivity index (χ1n) is 8.87. The molecule has 150 valence electrons. The van der Waals surface area contributed by atoms with Gasteiger partial charge in [-0.3, -0.25) is 18.6 Å². The minimum Gasteiger partial charge on any atom is -0.458 e. The summed E-state index contributed by atoms with van der Waals surface area (Å²) < 4.78 is 17.6. The van der Waals surface area contributed by atoms with Crippen LogP contribution in [0.1, 0.15) is 26.3 Å². The molecule has 2 aliphatic rings. The van der Waals surface area contributed by atoms with E-state index in [-0.39, 0.29) is 12.2 Å². The molecular formula is C19H22N2O6S. The number of β-lactam (4-membered cyclic amide) rings is 1. The van der Waals surface area contributed by atoms with Crippen molar-refractivity contribution in [2.45, 2.75) is 50.3 Å². The molecule has 1 aromatic rings. The molecule has 2 fully saturated rings. The van der Waals surface area contributed by atoms with Crippen molar-refractivity contribution in [3.05, 3.63) is 35.9 Å². The van der Waals surface area contributed by atoms with E-state index >= 15 is 0 Å². The van der Waals surface area contributed by atoms with E-state index in [1.165, 1.54) is 0 Å². The van der Waals surface area contributed by atoms with Crippen LogP contribution in [0, 0.1) is 0 Å². The summed E-state index contributed by atoms with van der Waals surface area (Å²) in [7, 11) is -1.70. The monoisotopic (exact) mass is 406 g/mol. The van der Waals surface area contributed by atoms with E-state index in [1.807, 2.05) is 6.07 Å². The molecular weight excluding hydrogens is 384 g/mol. The van der Waals surface area contributed by atoms with Gasteiger partial charge in [0.25, 0.3) is 0 Å². The van der Waals surface area contributed by atoms with Gasteiger partial charge in [0, 0.05) is 0 Å². The standard InChI is InChI=1S/C19H22N2O6S/c1-19(2,3)27-18(25)15-12(22)10-28(26)17-14(16(24)21(15)17)20-13(23)9-11-7-5-4-6-8-11/h4-8,14-15,17H,9-10H2,1-3H3,(H,20,23)/t14?,15?,17-,28?/m0/s1. The number of Topliss-reactive ketones (excluding diaryl/α,β-unsaturated/α-hetero) is 1. The Balaban J connectivity index is 1.72. The number of esters is 1. The normalized spacial score (nSPS) is 26.9. The lowest BCUT2D eigenvalue weighted by atomic mass is 9.99. The van der Waals surface area contributed by atoms with E-state index in [1.54, 1.807) is 45.0 Å². The van der Waals surface area contributed by atoms with Crippen molar-refractivity contribution in [1.29, 1.82) is 0 Å². The quantitative estimate of drug-likeness (QED) is 0.426. The number of ether oxygens (including phenoxy) is 1. The Labute approximate surface area is 165 Å². The lowest BCUT2D eigenvalue weighted by Gasteiger charge is -2.51. The summed E-state index contributed by atoms with van der Waals surface area (Å²) in [5.41, 5.74) is -0.0593. The van der Waals surface area contributed by atoms with Gasteiger partial charge in [-0.25, -0.2) is 4.79 Å². The van der Waals surface area contributed by atoms with E-state index in [0.717, 1.165) is 10.5 Å². The fourth-order valence-corrected chi connectivity index (χ4v) is 4.82. The minimum atomic E-state index is -1.70. The largest absolute Gasteiger partial charge is 0.458 e. The molecule has 1 aromatic carbocycles. The van der Waals surface area contributed by atoms with E-state index in [2.05, 4.69) is 5.32 Å². The third kappa shape index (κ3) is 3.99. The Morgan fingerprint density at radius 1 is 1.21 bits per heavy atom. The lowest BCUT2D eigenvalue weighted by molar-refractivity contribution is -0.174. The van der Waals surface area contributed by atoms with Crippen LogP contribution < -0.4 is 5.32 Å². The van der Waals surface area contributed by atoms with Gasteiger partial charge in [-0.1, -0.05) is 30.3 Å². The highest BCUT2D eigenvalue weighted by molar-refractivity contribution is 7.86. The van der Waals surface area contributed by atoms with E-state index in [4.69, 9.17) is 4.74 Å². The number of amides is 2. The van der Waals surface area contributed by atoms with Crippen molar-refractivity contribution in [2.24, 2.45) is 0 Å². The molecule has 8 nitrogen and oxygen atoms in total. The number of rotatable bonds is 4. The molecule has 4 atom stereocenters. The number of carbonyl (C=O) groups excluding carboxylic acids is 4. The summed E-state index contributed by atoms with van der Waals surface area (Å²) >= 11 is 0. The molecule has 0 saturated carbocycles. The molecule has 1 N–H and O–H groups in total. The van der Waals surface area contributed by atoms with Crippen molar-refractivity contribution in [3.8, 4) is 0 Å². The molecule has 0 radical (unpaired) electrons. The van der Waals surface area contributed by atoms with Crippen LogP contribution in [0.15, 0.2) is 30.3 Å². The SMILES string of the molecule is CC(C)(C)OC(=O)C1C(=O)CS(=O)[C@H]2C(NC(=O)Cc3ccccc3)C(=O)N12. The van der Waals surface area contributed by atoms with Gasteiger partial charge in [-0.05, 0) is 26.3 Å². The van der Waals surface area contributed by atoms with Gasteiger partial charge in [0.05, 0.1) is 23.0 Å². The first kappa shape index (κ1) is 20.2. The topological polar surface area (TPSA) is 110 Å². The number of hydrogen-bond acceptors (Lipinski definition) is 6. The predicted octanol–water partition coefficient (Wildman–Crippen LogP) is -0.0761. The second-order valence-electron chi connectivity index (χ2n) is 7.77. The summed E-state index contributed by atoms with van der Waals surface area (Å²) in [5.74, 6) is -2.83. The van der Waals surface area contributed by atoms with Crippen LogP contribution >= 0.6 is 0 Å². The summed E-state index contributed by atoms with van der Waals surface area (Å²) in [6.45, 7) is 4.95. The third-order valence-electron chi connectivity index (χ3n) is 4.37. The molecule has 2 heterocycles. The maximum atomic E-state index is 12.6. The second-order valence-corrected chi connectivity index (χ2v) is 9.30. The van der Waals surface area contributed by atoms with Crippen molar-refractivity contribution in [3.63, 3.8) is 0 Å². The molecule has 0 aromatic heterocycles. The number of nitrogens with zero attached hydrogens (tertiary/aromatic N) is 1. The van der Waals surface area contributed by atoms with Crippen molar-refractivity contribution in [1.82, 2.24) is 10.2 Å². The molecule has 2 saturated heterocycles. The molecule has 3 unspecified atom stereocenters. The Hall–Kier alpha value is -2.55. The van der Waals surface area contributed by atoms with Crippen LogP contribution in [-0.4, -0.2) is 61.5 Å². The Morgan fingerprint density at radius 2 is 1.86 bits per heavy atom. The fourth-order valence-electron chi connectivity index (χ4n) is 3.24. The number of nitrogens with one attached hydrogen (secondary N) is 1. The summed E-state index contributed by atoms with van der Waals surface area (Å²) in [5, 5.41) is 1.67. The smallest absolute Gasteiger partial charge is 0.337 e. The maximum absolute atomic E-state index is 12.6. The number of carbonyl (C=O) groups is 4. The van der Waals surface area contributed by atoms with Crippen LogP contribution in [0.2, 0.25) is 0 Å². The van der Waals surface area contributed by atoms with Gasteiger partial charge in [0.2, 0.25) is 11.8 Å². The molecule has 0 aliphatic carbocycles. The zero-order valence-electron chi connectivity index (χ0n) is 15.8. The summed E-state index contributed by atoms with van der Waals surface area (Å²) in [4.78, 5) is 50.5. The van der Waals surface area contributed by atoms with E-state index < -0.39 is 57.4 Å². The zero-order valence-corrected chi connectivity index (χ0v) is 16.7. The highest BCUT2D eigenvalue weighted by Gasteiger charge is 2.61. The first-order chi connectivity index (χ1) is 13.1. The van der Waals surface area contributed by atoms with E-state index in [0.29, 0.717) is 0 Å². The zero-order chi connectivity index (χ0) is 20.6. The van der Waals surface area contributed by atoms with E-state index in [9.17, 15) is 23.4 Å². The Kier molecular flexibility index (Phi) is 5.38. The number of fused-ring (bicyclic) bond motifs is 1. The summed E-state index contributed by atoms with van der Waals surface area (Å²) in [6, 6.07) is 6.55. The molecule has 28 heavy (non-hydrogen) atoms. The number of ketones is 1. The highest BCUT2D eigenvalue weighted by Crippen LogP contribution is 2.32. The molecule has 0 spiro atoms. The van der Waals surface area contributed by atoms with Crippen LogP contribution in [-0.2, 0) is 41.1 Å². The average molecular weight is 406 g/mol. The summed E-state index contributed by atoms with van der Waals surface area (Å²) in [6.07, 6.45) is 0.0679. The van der Waals surface area contributed by atoms with Gasteiger partial charge in [-0.15, -0.1) is 0 Å². The second kappa shape index (κ2) is 7.46. The maximum Gasteiger partial charge on any atom is 0.337 e. The van der Waals surface area contributed by atoms with Crippen molar-refractivity contribution < 1.29 is 28.1 Å². The lowest BCUT2D eigenvalue weighted by Crippen LogP contribution is -2.79. The number of hydrogen-bond donors (Lipinski definition) is 1. The van der Waals surface area contributed by atoms with Crippen LogP contribution in [0.25, 0.3) is 0 Å². The van der Waals surface area contributed by atoms with Crippen LogP contribution in [0.3, 0.4) is 0 Å². The van der Waals surface area contributed by atoms with Crippen LogP contribution in [0.4, 0.5) is 0 Å². The van der Waals surface area contributed by atoms with Gasteiger partial charge in [-0.2, -0.15) is 0 Å².